The first-order chi connectivity index (χ1) is 13.6. The Bertz CT molecular complexity index is 368. The van der Waals surface area contributed by atoms with Crippen LogP contribution in [0.5, 0.6) is 0 Å². The van der Waals surface area contributed by atoms with E-state index in [4.69, 9.17) is 9.47 Å². The molecule has 4 nitrogen and oxygen atoms in total. The van der Waals surface area contributed by atoms with Crippen molar-refractivity contribution >= 4 is 11.9 Å². The summed E-state index contributed by atoms with van der Waals surface area (Å²) >= 11 is 0. The third kappa shape index (κ3) is 19.7. The molecule has 0 aliphatic carbocycles. The molecule has 0 radical (unpaired) electrons. The monoisotopic (exact) mass is 398 g/mol. The third-order valence-corrected chi connectivity index (χ3v) is 5.34. The largest absolute Gasteiger partial charge is 0.466 e. The molecule has 0 heterocycles. The highest BCUT2D eigenvalue weighted by Crippen LogP contribution is 2.11. The number of carbonyl (C=O) groups excluding carboxylic acids is 2. The van der Waals surface area contributed by atoms with E-state index in [1.807, 2.05) is 0 Å². The summed E-state index contributed by atoms with van der Waals surface area (Å²) in [6.07, 6.45) is 17.3. The van der Waals surface area contributed by atoms with Crippen molar-refractivity contribution in [1.29, 1.82) is 0 Å². The molecule has 0 aromatic rings. The summed E-state index contributed by atoms with van der Waals surface area (Å²) in [6.45, 7) is 7.53. The molecule has 0 spiro atoms. The minimum atomic E-state index is -0.207. The van der Waals surface area contributed by atoms with Crippen molar-refractivity contribution in [3.05, 3.63) is 0 Å². The molecule has 0 aliphatic rings. The first-order valence-corrected chi connectivity index (χ1v) is 11.9. The molecule has 0 saturated heterocycles. The average Bonchev–Trinajstić information content (AvgIpc) is 2.68. The van der Waals surface area contributed by atoms with Crippen LogP contribution in [0.25, 0.3) is 0 Å². The van der Waals surface area contributed by atoms with E-state index < -0.39 is 0 Å². The summed E-state index contributed by atoms with van der Waals surface area (Å²) in [6, 6.07) is 0. The summed E-state index contributed by atoms with van der Waals surface area (Å²) in [5.41, 5.74) is 0. The Labute approximate surface area is 174 Å². The second-order valence-electron chi connectivity index (χ2n) is 8.13. The van der Waals surface area contributed by atoms with E-state index >= 15 is 0 Å². The molecule has 0 saturated carbocycles. The zero-order valence-corrected chi connectivity index (χ0v) is 18.9. The van der Waals surface area contributed by atoms with Crippen molar-refractivity contribution in [1.82, 2.24) is 0 Å². The molecule has 0 amide bonds. The second-order valence-corrected chi connectivity index (χ2v) is 8.13. The second kappa shape index (κ2) is 20.7. The molecule has 1 atom stereocenters. The fourth-order valence-electron chi connectivity index (χ4n) is 3.05. The lowest BCUT2D eigenvalue weighted by molar-refractivity contribution is -0.145. The molecule has 0 fully saturated rings. The molecule has 0 aromatic heterocycles. The summed E-state index contributed by atoms with van der Waals surface area (Å²) in [4.78, 5) is 23.3. The minimum Gasteiger partial charge on any atom is -0.466 e. The molecule has 1 unspecified atom stereocenters. The van der Waals surface area contributed by atoms with Gasteiger partial charge in [0.15, 0.2) is 0 Å². The number of carbonyl (C=O) groups is 2. The van der Waals surface area contributed by atoms with Gasteiger partial charge in [-0.3, -0.25) is 9.59 Å². The van der Waals surface area contributed by atoms with Gasteiger partial charge in [0.25, 0.3) is 0 Å². The predicted molar refractivity (Wildman–Crippen MR) is 116 cm³/mol. The van der Waals surface area contributed by atoms with Crippen molar-refractivity contribution in [3.8, 4) is 0 Å². The van der Waals surface area contributed by atoms with Gasteiger partial charge in [0.05, 0.1) is 13.2 Å². The molecule has 4 heteroatoms. The molecule has 0 bridgehead atoms. The first kappa shape index (κ1) is 26.9. The van der Waals surface area contributed by atoms with Crippen molar-refractivity contribution in [2.75, 3.05) is 13.2 Å². The van der Waals surface area contributed by atoms with Gasteiger partial charge in [0.1, 0.15) is 0 Å². The highest BCUT2D eigenvalue weighted by Gasteiger charge is 2.08. The lowest BCUT2D eigenvalue weighted by atomic mass is 10.1. The van der Waals surface area contributed by atoms with Gasteiger partial charge in [-0.15, -0.1) is 0 Å². The average molecular weight is 399 g/mol. The summed E-state index contributed by atoms with van der Waals surface area (Å²) in [7, 11) is 0. The first-order valence-electron chi connectivity index (χ1n) is 11.9. The fourth-order valence-corrected chi connectivity index (χ4v) is 3.05. The van der Waals surface area contributed by atoms with E-state index in [9.17, 15) is 9.59 Å². The minimum absolute atomic E-state index is 0.195. The van der Waals surface area contributed by atoms with Gasteiger partial charge in [-0.05, 0) is 25.2 Å². The van der Waals surface area contributed by atoms with Crippen LogP contribution in [0.3, 0.4) is 0 Å². The van der Waals surface area contributed by atoms with E-state index in [2.05, 4.69) is 20.8 Å². The summed E-state index contributed by atoms with van der Waals surface area (Å²) in [5, 5.41) is 0. The Morgan fingerprint density at radius 2 is 1.11 bits per heavy atom. The van der Waals surface area contributed by atoms with Gasteiger partial charge in [0, 0.05) is 12.8 Å². The molecular formula is C24H46O4. The predicted octanol–water partition coefficient (Wildman–Crippen LogP) is 6.99. The number of esters is 2. The fraction of sp³-hybridized carbons (Fsp3) is 0.917. The third-order valence-electron chi connectivity index (χ3n) is 5.34. The van der Waals surface area contributed by atoms with Gasteiger partial charge in [0.2, 0.25) is 0 Å². The smallest absolute Gasteiger partial charge is 0.305 e. The molecule has 0 rings (SSSR count). The van der Waals surface area contributed by atoms with Crippen LogP contribution in [-0.4, -0.2) is 25.2 Å². The maximum absolute atomic E-state index is 11.7. The lowest BCUT2D eigenvalue weighted by Crippen LogP contribution is -2.10. The van der Waals surface area contributed by atoms with E-state index in [0.29, 0.717) is 38.4 Å². The highest BCUT2D eigenvalue weighted by molar-refractivity contribution is 5.72. The van der Waals surface area contributed by atoms with Crippen LogP contribution < -0.4 is 0 Å². The molecular weight excluding hydrogens is 352 g/mol. The Morgan fingerprint density at radius 1 is 0.643 bits per heavy atom. The van der Waals surface area contributed by atoms with Gasteiger partial charge in [-0.2, -0.15) is 0 Å². The Balaban J connectivity index is 3.32. The van der Waals surface area contributed by atoms with Crippen LogP contribution in [0, 0.1) is 5.92 Å². The van der Waals surface area contributed by atoms with Gasteiger partial charge in [-0.1, -0.05) is 91.4 Å². The van der Waals surface area contributed by atoms with Crippen molar-refractivity contribution < 1.29 is 19.1 Å². The molecule has 0 aromatic carbocycles. The molecule has 28 heavy (non-hydrogen) atoms. The van der Waals surface area contributed by atoms with E-state index in [0.717, 1.165) is 25.7 Å². The van der Waals surface area contributed by atoms with Crippen LogP contribution in [-0.2, 0) is 19.1 Å². The Hall–Kier alpha value is -1.06. The van der Waals surface area contributed by atoms with Crippen LogP contribution in [0.4, 0.5) is 0 Å². The zero-order chi connectivity index (χ0) is 20.9. The van der Waals surface area contributed by atoms with Crippen LogP contribution in [0.1, 0.15) is 124 Å². The summed E-state index contributed by atoms with van der Waals surface area (Å²) in [5.74, 6) is 0.180. The SMILES string of the molecule is CCCCCCCCCCCCCOC(=O)CCCC(=O)OCCC(C)CC. The standard InChI is InChI=1S/C24H46O4/c1-4-6-7-8-9-10-11-12-13-14-15-20-27-23(25)17-16-18-24(26)28-21-19-22(3)5-2/h22H,4-21H2,1-3H3. The Kier molecular flexibility index (Phi) is 19.9. The van der Waals surface area contributed by atoms with Crippen LogP contribution in [0.2, 0.25) is 0 Å². The Morgan fingerprint density at radius 3 is 1.61 bits per heavy atom. The number of ether oxygens (including phenoxy) is 2. The number of rotatable bonds is 20. The molecule has 166 valence electrons. The molecule has 0 N–H and O–H groups in total. The highest BCUT2D eigenvalue weighted by atomic mass is 16.5. The normalized spacial score (nSPS) is 12.0. The quantitative estimate of drug-likeness (QED) is 0.164. The summed E-state index contributed by atoms with van der Waals surface area (Å²) < 4.78 is 10.4. The van der Waals surface area contributed by atoms with E-state index in [1.54, 1.807) is 0 Å². The van der Waals surface area contributed by atoms with Gasteiger partial charge >= 0.3 is 11.9 Å². The van der Waals surface area contributed by atoms with Crippen molar-refractivity contribution in [3.63, 3.8) is 0 Å². The van der Waals surface area contributed by atoms with Crippen molar-refractivity contribution in [2.24, 2.45) is 5.92 Å². The molecule has 0 aliphatic heterocycles. The van der Waals surface area contributed by atoms with E-state index in [1.165, 1.54) is 57.8 Å². The maximum atomic E-state index is 11.7. The van der Waals surface area contributed by atoms with Gasteiger partial charge in [-0.25, -0.2) is 0 Å². The maximum Gasteiger partial charge on any atom is 0.305 e. The number of hydrogen-bond donors (Lipinski definition) is 0. The number of unbranched alkanes of at least 4 members (excludes halogenated alkanes) is 10. The lowest BCUT2D eigenvalue weighted by Gasteiger charge is -2.09. The zero-order valence-electron chi connectivity index (χ0n) is 18.9. The van der Waals surface area contributed by atoms with Crippen molar-refractivity contribution in [2.45, 2.75) is 124 Å². The van der Waals surface area contributed by atoms with Crippen LogP contribution >= 0.6 is 0 Å². The number of hydrogen-bond acceptors (Lipinski definition) is 4. The topological polar surface area (TPSA) is 52.6 Å². The van der Waals surface area contributed by atoms with E-state index in [-0.39, 0.29) is 11.9 Å². The van der Waals surface area contributed by atoms with Gasteiger partial charge < -0.3 is 9.47 Å². The van der Waals surface area contributed by atoms with Crippen LogP contribution in [0.15, 0.2) is 0 Å².